The van der Waals surface area contributed by atoms with Crippen molar-refractivity contribution in [3.8, 4) is 0 Å². The van der Waals surface area contributed by atoms with E-state index >= 15 is 0 Å². The molecule has 0 fully saturated rings. The van der Waals surface area contributed by atoms with Gasteiger partial charge in [0.25, 0.3) is 5.91 Å². The number of nitrogens with one attached hydrogen (secondary N) is 3. The molecule has 9 heteroatoms. The number of nitrogens with zero attached hydrogens (tertiary/aromatic N) is 3. The minimum Gasteiger partial charge on any atom is -0.397 e. The number of para-hydroxylation sites is 2. The normalized spacial score (nSPS) is 10.4. The van der Waals surface area contributed by atoms with Crippen LogP contribution >= 0.6 is 0 Å². The number of rotatable bonds is 8. The summed E-state index contributed by atoms with van der Waals surface area (Å²) in [5.74, 6) is 0.641. The Morgan fingerprint density at radius 3 is 1.91 bits per heavy atom. The number of nitrogens with two attached hydrogens (primary N) is 2. The molecule has 0 spiro atoms. The third-order valence-electron chi connectivity index (χ3n) is 4.82. The summed E-state index contributed by atoms with van der Waals surface area (Å²) in [4.78, 5) is 25.1. The van der Waals surface area contributed by atoms with Crippen molar-refractivity contribution in [1.29, 1.82) is 0 Å². The number of hydrogen-bond acceptors (Lipinski definition) is 8. The van der Waals surface area contributed by atoms with Crippen LogP contribution in [0.5, 0.6) is 0 Å². The number of nitrogen functional groups attached to an aromatic ring is 2. The van der Waals surface area contributed by atoms with Gasteiger partial charge in [0, 0.05) is 18.7 Å². The van der Waals surface area contributed by atoms with Crippen molar-refractivity contribution >= 4 is 35.1 Å². The summed E-state index contributed by atoms with van der Waals surface area (Å²) in [6.07, 6.45) is 0. The van der Waals surface area contributed by atoms with Crippen LogP contribution in [0.2, 0.25) is 0 Å². The average Bonchev–Trinajstić information content (AvgIpc) is 2.83. The highest BCUT2D eigenvalue weighted by atomic mass is 16.1. The second-order valence-electron chi connectivity index (χ2n) is 7.27. The van der Waals surface area contributed by atoms with Gasteiger partial charge in [-0.05, 0) is 35.4 Å². The molecule has 166 valence electrons. The maximum atomic E-state index is 12.5. The van der Waals surface area contributed by atoms with Crippen LogP contribution < -0.4 is 27.4 Å². The van der Waals surface area contributed by atoms with Crippen molar-refractivity contribution < 1.29 is 4.79 Å². The first-order chi connectivity index (χ1) is 16.1. The van der Waals surface area contributed by atoms with E-state index in [9.17, 15) is 4.79 Å². The van der Waals surface area contributed by atoms with Gasteiger partial charge in [-0.25, -0.2) is 0 Å². The maximum Gasteiger partial charge on any atom is 0.255 e. The fourth-order valence-electron chi connectivity index (χ4n) is 3.09. The lowest BCUT2D eigenvalue weighted by Gasteiger charge is -2.10. The Labute approximate surface area is 191 Å². The molecule has 0 saturated heterocycles. The monoisotopic (exact) mass is 440 g/mol. The summed E-state index contributed by atoms with van der Waals surface area (Å²) in [6, 6.07) is 24.3. The Balaban J connectivity index is 1.34. The van der Waals surface area contributed by atoms with Crippen molar-refractivity contribution in [2.24, 2.45) is 0 Å². The fourth-order valence-corrected chi connectivity index (χ4v) is 3.09. The van der Waals surface area contributed by atoms with Crippen LogP contribution in [0.3, 0.4) is 0 Å². The molecule has 1 amide bonds. The average molecular weight is 441 g/mol. The first-order valence-corrected chi connectivity index (χ1v) is 10.3. The van der Waals surface area contributed by atoms with E-state index in [2.05, 4.69) is 30.9 Å². The van der Waals surface area contributed by atoms with Crippen molar-refractivity contribution in [2.45, 2.75) is 13.1 Å². The number of aromatic nitrogens is 3. The summed E-state index contributed by atoms with van der Waals surface area (Å²) >= 11 is 0. The van der Waals surface area contributed by atoms with E-state index in [1.807, 2.05) is 54.6 Å². The van der Waals surface area contributed by atoms with Crippen molar-refractivity contribution in [3.63, 3.8) is 0 Å². The van der Waals surface area contributed by atoms with Crippen LogP contribution in [-0.2, 0) is 13.1 Å². The second kappa shape index (κ2) is 10.1. The highest BCUT2D eigenvalue weighted by Gasteiger charge is 2.09. The van der Waals surface area contributed by atoms with Crippen molar-refractivity contribution in [3.05, 3.63) is 95.6 Å². The first kappa shape index (κ1) is 21.6. The number of amides is 1. The van der Waals surface area contributed by atoms with E-state index in [4.69, 9.17) is 11.5 Å². The largest absolute Gasteiger partial charge is 0.397 e. The molecule has 0 saturated carbocycles. The van der Waals surface area contributed by atoms with Gasteiger partial charge >= 0.3 is 0 Å². The second-order valence-corrected chi connectivity index (χ2v) is 7.27. The number of carbonyl (C=O) groups excluding carboxylic acids is 1. The summed E-state index contributed by atoms with van der Waals surface area (Å²) in [5.41, 5.74) is 15.4. The van der Waals surface area contributed by atoms with Crippen molar-refractivity contribution in [1.82, 2.24) is 15.0 Å². The lowest BCUT2D eigenvalue weighted by Crippen LogP contribution is -2.13. The molecule has 0 bridgehead atoms. The number of benzene rings is 3. The molecule has 0 aliphatic heterocycles. The molecule has 4 aromatic rings. The van der Waals surface area contributed by atoms with Gasteiger partial charge in [0.2, 0.25) is 17.8 Å². The predicted molar refractivity (Wildman–Crippen MR) is 131 cm³/mol. The summed E-state index contributed by atoms with van der Waals surface area (Å²) in [7, 11) is 0. The zero-order chi connectivity index (χ0) is 23.0. The van der Waals surface area contributed by atoms with Crippen molar-refractivity contribution in [2.75, 3.05) is 27.4 Å². The van der Waals surface area contributed by atoms with Gasteiger partial charge in [0.1, 0.15) is 0 Å². The standard InChI is InChI=1S/C24H24N8O/c25-19-8-4-5-9-20(19)29-21(33)18-12-10-17(11-13-18)15-28-24-31-22(26)30-23(32-24)27-14-16-6-2-1-3-7-16/h1-13H,14-15,25H2,(H,29,33)(H4,26,27,28,30,31,32). The highest BCUT2D eigenvalue weighted by Crippen LogP contribution is 2.18. The molecule has 9 nitrogen and oxygen atoms in total. The molecule has 7 N–H and O–H groups in total. The summed E-state index contributed by atoms with van der Waals surface area (Å²) < 4.78 is 0. The van der Waals surface area contributed by atoms with Gasteiger partial charge in [-0.3, -0.25) is 4.79 Å². The highest BCUT2D eigenvalue weighted by molar-refractivity contribution is 6.05. The zero-order valence-corrected chi connectivity index (χ0v) is 17.8. The lowest BCUT2D eigenvalue weighted by atomic mass is 10.1. The van der Waals surface area contributed by atoms with E-state index in [-0.39, 0.29) is 11.9 Å². The molecule has 1 heterocycles. The third-order valence-corrected chi connectivity index (χ3v) is 4.82. The topological polar surface area (TPSA) is 144 Å². The van der Waals surface area contributed by atoms with E-state index in [1.165, 1.54) is 0 Å². The maximum absolute atomic E-state index is 12.5. The Morgan fingerprint density at radius 1 is 0.697 bits per heavy atom. The smallest absolute Gasteiger partial charge is 0.255 e. The van der Waals surface area contributed by atoms with Gasteiger partial charge in [-0.1, -0.05) is 54.6 Å². The SMILES string of the molecule is Nc1nc(NCc2ccccc2)nc(NCc2ccc(C(=O)Nc3ccccc3N)cc2)n1. The van der Waals surface area contributed by atoms with E-state index in [0.29, 0.717) is 41.9 Å². The van der Waals surface area contributed by atoms with E-state index in [0.717, 1.165) is 11.1 Å². The quantitative estimate of drug-likeness (QED) is 0.262. The molecule has 0 radical (unpaired) electrons. The van der Waals surface area contributed by atoms with Crippen LogP contribution in [0.1, 0.15) is 21.5 Å². The van der Waals surface area contributed by atoms with Gasteiger partial charge in [-0.2, -0.15) is 15.0 Å². The van der Waals surface area contributed by atoms with Crippen LogP contribution in [0.15, 0.2) is 78.9 Å². The molecule has 3 aromatic carbocycles. The molecule has 0 atom stereocenters. The number of carbonyl (C=O) groups is 1. The van der Waals surface area contributed by atoms with Crippen LogP contribution in [0, 0.1) is 0 Å². The molecule has 0 aliphatic carbocycles. The minimum absolute atomic E-state index is 0.121. The molecule has 0 aliphatic rings. The molecular weight excluding hydrogens is 416 g/mol. The van der Waals surface area contributed by atoms with E-state index in [1.54, 1.807) is 24.3 Å². The summed E-state index contributed by atoms with van der Waals surface area (Å²) in [5, 5.41) is 9.10. The zero-order valence-electron chi connectivity index (χ0n) is 17.8. The Hall–Kier alpha value is -4.66. The van der Waals surface area contributed by atoms with E-state index < -0.39 is 0 Å². The molecule has 33 heavy (non-hydrogen) atoms. The Morgan fingerprint density at radius 2 is 1.27 bits per heavy atom. The first-order valence-electron chi connectivity index (χ1n) is 10.3. The van der Waals surface area contributed by atoms with Gasteiger partial charge < -0.3 is 27.4 Å². The van der Waals surface area contributed by atoms with Crippen LogP contribution in [0.4, 0.5) is 29.2 Å². The number of hydrogen-bond donors (Lipinski definition) is 5. The summed E-state index contributed by atoms with van der Waals surface area (Å²) in [6.45, 7) is 1.02. The Kier molecular flexibility index (Phi) is 6.60. The Bertz CT molecular complexity index is 1230. The van der Waals surface area contributed by atoms with Crippen LogP contribution in [0.25, 0.3) is 0 Å². The third kappa shape index (κ3) is 5.95. The van der Waals surface area contributed by atoms with Crippen LogP contribution in [-0.4, -0.2) is 20.9 Å². The van der Waals surface area contributed by atoms with Gasteiger partial charge in [0.15, 0.2) is 0 Å². The molecule has 4 rings (SSSR count). The predicted octanol–water partition coefficient (Wildman–Crippen LogP) is 3.51. The molecule has 0 unspecified atom stereocenters. The fraction of sp³-hybridized carbons (Fsp3) is 0.0833. The molecule has 1 aromatic heterocycles. The lowest BCUT2D eigenvalue weighted by molar-refractivity contribution is 0.102. The molecular formula is C24H24N8O. The minimum atomic E-state index is -0.230. The number of anilines is 5. The van der Waals surface area contributed by atoms with Gasteiger partial charge in [0.05, 0.1) is 11.4 Å². The van der Waals surface area contributed by atoms with Gasteiger partial charge in [-0.15, -0.1) is 0 Å².